The highest BCUT2D eigenvalue weighted by molar-refractivity contribution is 5.76. The first-order valence-electron chi connectivity index (χ1n) is 5.81. The number of hydrogen-bond donors (Lipinski definition) is 2. The molecule has 1 aromatic carbocycles. The predicted molar refractivity (Wildman–Crippen MR) is 70.6 cm³/mol. The van der Waals surface area contributed by atoms with E-state index in [0.717, 1.165) is 12.8 Å². The molecule has 0 saturated heterocycles. The van der Waals surface area contributed by atoms with Gasteiger partial charge in [-0.25, -0.2) is 0 Å². The van der Waals surface area contributed by atoms with Crippen molar-refractivity contribution in [3.63, 3.8) is 0 Å². The maximum atomic E-state index is 11.1. The fourth-order valence-corrected chi connectivity index (χ4v) is 1.83. The van der Waals surface area contributed by atoms with Crippen LogP contribution in [0.2, 0.25) is 0 Å². The smallest absolute Gasteiger partial charge is 0.315 e. The van der Waals surface area contributed by atoms with E-state index < -0.39 is 0 Å². The van der Waals surface area contributed by atoms with Gasteiger partial charge in [-0.2, -0.15) is 0 Å². The Kier molecular flexibility index (Phi) is 4.75. The molecule has 0 radical (unpaired) electrons. The van der Waals surface area contributed by atoms with Crippen LogP contribution in [0.3, 0.4) is 0 Å². The number of hydrogen-bond acceptors (Lipinski definition) is 4. The van der Waals surface area contributed by atoms with Crippen molar-refractivity contribution in [2.75, 3.05) is 17.7 Å². The molecule has 0 aliphatic carbocycles. The maximum absolute atomic E-state index is 11.1. The van der Waals surface area contributed by atoms with Crippen molar-refractivity contribution in [1.29, 1.82) is 0 Å². The third-order valence-corrected chi connectivity index (χ3v) is 2.61. The Morgan fingerprint density at radius 2 is 2.06 bits per heavy atom. The lowest BCUT2D eigenvalue weighted by Crippen LogP contribution is -2.15. The number of nitrogens with one attached hydrogen (secondary N) is 2. The van der Waals surface area contributed by atoms with E-state index in [1.54, 1.807) is 25.2 Å². The summed E-state index contributed by atoms with van der Waals surface area (Å²) in [6, 6.07) is 5.48. The molecule has 0 saturated carbocycles. The van der Waals surface area contributed by atoms with E-state index in [2.05, 4.69) is 17.6 Å². The fraction of sp³-hybridized carbons (Fsp3) is 0.500. The van der Waals surface area contributed by atoms with Gasteiger partial charge < -0.3 is 10.6 Å². The number of nitro groups is 1. The summed E-state index contributed by atoms with van der Waals surface area (Å²) in [6.45, 7) is 4.12. The predicted octanol–water partition coefficient (Wildman–Crippen LogP) is 3.24. The molecule has 5 heteroatoms. The summed E-state index contributed by atoms with van der Waals surface area (Å²) in [6.07, 6.45) is 2.04. The van der Waals surface area contributed by atoms with Gasteiger partial charge in [-0.3, -0.25) is 10.1 Å². The topological polar surface area (TPSA) is 67.2 Å². The molecule has 0 bridgehead atoms. The van der Waals surface area contributed by atoms with Gasteiger partial charge in [0.25, 0.3) is 0 Å². The monoisotopic (exact) mass is 237 g/mol. The van der Waals surface area contributed by atoms with E-state index in [1.165, 1.54) is 0 Å². The average Bonchev–Trinajstić information content (AvgIpc) is 2.28. The average molecular weight is 237 g/mol. The second-order valence-corrected chi connectivity index (χ2v) is 4.04. The van der Waals surface area contributed by atoms with Crippen LogP contribution in [0.25, 0.3) is 0 Å². The molecule has 1 unspecified atom stereocenters. The normalized spacial score (nSPS) is 11.9. The van der Waals surface area contributed by atoms with Gasteiger partial charge in [0.15, 0.2) is 0 Å². The molecule has 0 aromatic heterocycles. The minimum atomic E-state index is -0.354. The third-order valence-electron chi connectivity index (χ3n) is 2.61. The largest absolute Gasteiger partial charge is 0.382 e. The van der Waals surface area contributed by atoms with E-state index in [4.69, 9.17) is 0 Å². The molecule has 1 atom stereocenters. The van der Waals surface area contributed by atoms with Gasteiger partial charge in [-0.05, 0) is 25.5 Å². The number of benzene rings is 1. The van der Waals surface area contributed by atoms with Crippen LogP contribution in [0.15, 0.2) is 18.2 Å². The van der Waals surface area contributed by atoms with Crippen LogP contribution in [-0.4, -0.2) is 18.0 Å². The Bertz CT molecular complexity index is 393. The fourth-order valence-electron chi connectivity index (χ4n) is 1.83. The van der Waals surface area contributed by atoms with Crippen LogP contribution in [0.4, 0.5) is 17.1 Å². The van der Waals surface area contributed by atoms with Gasteiger partial charge in [-0.15, -0.1) is 0 Å². The van der Waals surface area contributed by atoms with Crippen molar-refractivity contribution >= 4 is 17.1 Å². The van der Waals surface area contributed by atoms with Gasteiger partial charge in [0, 0.05) is 13.1 Å². The molecule has 0 amide bonds. The van der Waals surface area contributed by atoms with Crippen molar-refractivity contribution in [2.45, 2.75) is 32.7 Å². The Morgan fingerprint density at radius 1 is 1.41 bits per heavy atom. The SMILES string of the molecule is CCCC(C)Nc1cccc(NC)c1[N+](=O)[O-]. The maximum Gasteiger partial charge on any atom is 0.315 e. The van der Waals surface area contributed by atoms with Crippen molar-refractivity contribution < 1.29 is 4.92 Å². The number of rotatable bonds is 6. The molecule has 0 fully saturated rings. The van der Waals surface area contributed by atoms with E-state index in [0.29, 0.717) is 11.4 Å². The highest BCUT2D eigenvalue weighted by Crippen LogP contribution is 2.33. The Morgan fingerprint density at radius 3 is 2.59 bits per heavy atom. The second-order valence-electron chi connectivity index (χ2n) is 4.04. The number of para-hydroxylation sites is 1. The van der Waals surface area contributed by atoms with Crippen LogP contribution >= 0.6 is 0 Å². The molecular weight excluding hydrogens is 218 g/mol. The van der Waals surface area contributed by atoms with Gasteiger partial charge in [-0.1, -0.05) is 19.4 Å². The van der Waals surface area contributed by atoms with E-state index in [9.17, 15) is 10.1 Å². The molecule has 94 valence electrons. The van der Waals surface area contributed by atoms with Crippen LogP contribution in [0.5, 0.6) is 0 Å². The lowest BCUT2D eigenvalue weighted by Gasteiger charge is -2.15. The molecule has 0 aliphatic heterocycles. The number of nitro benzene ring substituents is 1. The Balaban J connectivity index is 3.02. The standard InChI is InChI=1S/C12H19N3O2/c1-4-6-9(2)14-11-8-5-7-10(13-3)12(11)15(16)17/h5,7-9,13-14H,4,6H2,1-3H3. The molecule has 0 heterocycles. The first-order valence-corrected chi connectivity index (χ1v) is 5.81. The quantitative estimate of drug-likeness (QED) is 0.588. The molecule has 2 N–H and O–H groups in total. The molecule has 5 nitrogen and oxygen atoms in total. The lowest BCUT2D eigenvalue weighted by atomic mass is 10.1. The van der Waals surface area contributed by atoms with Gasteiger partial charge >= 0.3 is 5.69 Å². The van der Waals surface area contributed by atoms with Gasteiger partial charge in [0.1, 0.15) is 11.4 Å². The summed E-state index contributed by atoms with van der Waals surface area (Å²) >= 11 is 0. The molecule has 17 heavy (non-hydrogen) atoms. The Hall–Kier alpha value is -1.78. The first-order chi connectivity index (χ1) is 8.10. The van der Waals surface area contributed by atoms with Crippen LogP contribution in [-0.2, 0) is 0 Å². The summed E-state index contributed by atoms with van der Waals surface area (Å²) in [5.41, 5.74) is 1.21. The lowest BCUT2D eigenvalue weighted by molar-refractivity contribution is -0.383. The zero-order chi connectivity index (χ0) is 12.8. The third kappa shape index (κ3) is 3.34. The van der Waals surface area contributed by atoms with Crippen molar-refractivity contribution in [2.24, 2.45) is 0 Å². The minimum Gasteiger partial charge on any atom is -0.382 e. The molecule has 1 rings (SSSR count). The molecular formula is C12H19N3O2. The van der Waals surface area contributed by atoms with Gasteiger partial charge in [0.2, 0.25) is 0 Å². The first kappa shape index (κ1) is 13.3. The summed E-state index contributed by atoms with van der Waals surface area (Å²) < 4.78 is 0. The summed E-state index contributed by atoms with van der Waals surface area (Å²) in [4.78, 5) is 10.7. The van der Waals surface area contributed by atoms with Crippen molar-refractivity contribution in [3.8, 4) is 0 Å². The zero-order valence-corrected chi connectivity index (χ0v) is 10.5. The number of anilines is 2. The summed E-state index contributed by atoms with van der Waals surface area (Å²) in [5.74, 6) is 0. The van der Waals surface area contributed by atoms with E-state index >= 15 is 0 Å². The summed E-state index contributed by atoms with van der Waals surface area (Å²) in [5, 5.41) is 17.1. The van der Waals surface area contributed by atoms with Crippen molar-refractivity contribution in [1.82, 2.24) is 0 Å². The highest BCUT2D eigenvalue weighted by atomic mass is 16.6. The molecule has 0 aliphatic rings. The van der Waals surface area contributed by atoms with Crippen molar-refractivity contribution in [3.05, 3.63) is 28.3 Å². The van der Waals surface area contributed by atoms with Crippen LogP contribution < -0.4 is 10.6 Å². The minimum absolute atomic E-state index is 0.109. The summed E-state index contributed by atoms with van der Waals surface area (Å²) in [7, 11) is 1.68. The zero-order valence-electron chi connectivity index (χ0n) is 10.5. The second kappa shape index (κ2) is 6.08. The van der Waals surface area contributed by atoms with E-state index in [-0.39, 0.29) is 16.7 Å². The van der Waals surface area contributed by atoms with Crippen LogP contribution in [0.1, 0.15) is 26.7 Å². The number of nitrogens with zero attached hydrogens (tertiary/aromatic N) is 1. The van der Waals surface area contributed by atoms with Gasteiger partial charge in [0.05, 0.1) is 4.92 Å². The molecule has 1 aromatic rings. The highest BCUT2D eigenvalue weighted by Gasteiger charge is 2.19. The van der Waals surface area contributed by atoms with E-state index in [1.807, 2.05) is 6.92 Å². The molecule has 0 spiro atoms. The van der Waals surface area contributed by atoms with Crippen LogP contribution in [0, 0.1) is 10.1 Å². The Labute approximate surface area is 101 Å².